The van der Waals surface area contributed by atoms with Crippen LogP contribution in [0.4, 0.5) is 11.6 Å². The Morgan fingerprint density at radius 1 is 0.457 bits per heavy atom. The van der Waals surface area contributed by atoms with Crippen molar-refractivity contribution in [2.45, 2.75) is 109 Å². The van der Waals surface area contributed by atoms with Gasteiger partial charge in [0.1, 0.15) is 56.9 Å². The molecule has 0 saturated carbocycles. The van der Waals surface area contributed by atoms with Gasteiger partial charge in [-0.1, -0.05) is 155 Å². The molecule has 730 valence electrons. The van der Waals surface area contributed by atoms with Gasteiger partial charge < -0.3 is 60.8 Å². The molecule has 138 heavy (non-hydrogen) atoms. The fraction of sp³-hybridized carbons (Fsp3) is 0.184. The van der Waals surface area contributed by atoms with Crippen LogP contribution >= 0.6 is 55.9 Å². The van der Waals surface area contributed by atoms with Gasteiger partial charge in [-0.3, -0.25) is 25.2 Å². The number of ether oxygens (including phenoxy) is 4. The number of nitrogens with zero attached hydrogens (tertiary/aromatic N) is 4. The number of rotatable bonds is 20. The number of nitrogens with two attached hydrogens (primary N) is 1. The molecule has 0 bridgehead atoms. The maximum absolute atomic E-state index is 12.5. The fourth-order valence-corrected chi connectivity index (χ4v) is 15.9. The number of anilines is 2. The Balaban J connectivity index is 0.000000544. The molecule has 0 spiro atoms. The zero-order chi connectivity index (χ0) is 101. The minimum absolute atomic E-state index is 0. The Kier molecular flexibility index (Phi) is 55.7. The Morgan fingerprint density at radius 2 is 0.783 bits per heavy atom. The summed E-state index contributed by atoms with van der Waals surface area (Å²) < 4.78 is 119. The van der Waals surface area contributed by atoms with Crippen molar-refractivity contribution < 1.29 is 137 Å². The first-order chi connectivity index (χ1) is 64.3. The summed E-state index contributed by atoms with van der Waals surface area (Å²) in [6.45, 7) is 22.6. The number of benzene rings is 8. The number of esters is 2. The standard InChI is InChI=1S/C21H18N2O5S.C21H17NO5S.C12H10INO2S.C10H10O3.C8H7ClO2S.C7H5IO3.C5H6N2.2C5H10O.C4H12Si.Li.H2O2.H2O/c1-28-21(25)18-14-16(9-12-19(18)24)6-5-15-7-10-17(11-8-15)29(26,27)23-20-4-2-3-13-22-20;23-20-11-8-16(13-19(20)21(24)25)5-4-15-6-9-18(10-7-15)28(26,27)14-17-3-1-2-12-22-17;13-10-4-6-12(7-5-10)17(15,16)9-11-3-1-2-8-14-11;1-3-7-4-5-9(11)8(6-7)10(12)13-2;1-2-7-3-5-8(6-4-7)12(9,10)11;8-4-1-2-6(9)5(3-4)7(10)11;6-5-3-1-2-4-7-5;2*1-5-3-2-4-6-5;1-5(2,3)4;;1-2;/h2-14,24H,1H3,(H,22,23);1-13,23H,14H2,(H,24,25);1-8H,9H2;3-6,11H,1H2,2H3;2-6H,1H2;1-3,9H,(H,10,11);1-4H,(H2,6,7);2*5H,2-4H2,1H3;1-4H3;;1-2H;1H2/q;;;;;;;;;;+1;;/p-1/b6-5+;5-4+;;;;;;;;;;;. The molecule has 2 saturated heterocycles. The van der Waals surface area contributed by atoms with Gasteiger partial charge in [-0.25, -0.2) is 62.8 Å². The van der Waals surface area contributed by atoms with E-state index in [1.165, 1.54) is 131 Å². The number of halogens is 3. The third-order valence-corrected chi connectivity index (χ3v) is 25.0. The van der Waals surface area contributed by atoms with Crippen LogP contribution in [0.3, 0.4) is 0 Å². The minimum atomic E-state index is -3.74. The van der Waals surface area contributed by atoms with Gasteiger partial charge in [0, 0.05) is 63.9 Å². The first kappa shape index (κ1) is 122. The molecule has 2 aliphatic rings. The summed E-state index contributed by atoms with van der Waals surface area (Å²) in [6.07, 6.45) is 22.6. The van der Waals surface area contributed by atoms with Gasteiger partial charge in [-0.05, 0) is 282 Å². The average Bonchev–Trinajstić information content (AvgIpc) is 0.879. The molecule has 0 aliphatic carbocycles. The quantitative estimate of drug-likeness (QED) is 0.00644. The molecule has 2 fully saturated rings. The van der Waals surface area contributed by atoms with Crippen LogP contribution in [0.25, 0.3) is 36.5 Å². The SMILES string of the molecule is C=Cc1ccc(O)c(C(=O)OC)c1.C=Cc1ccc(S(=O)(=O)Cl)cc1.CC1CCCO1.CC1CCCO1.COC(=O)c1cc(/C=C/c2ccc(S(=O)(=O)Nc3ccccn3)cc2)ccc1O.C[Si](C)(C)C.Nc1ccccn1.O=C(O)c1cc(/C=C/c2ccc(S(=O)(=O)Cc3ccccn3)cc2)ccc1O.O=C(O)c1cc(I)ccc1O.O=S(=O)(Cc1ccccn1)c1ccc(I)cc1.OO.[Li+].[OH-]. The number of hydrogen-bond acceptors (Lipinski definition) is 28. The molecule has 0 amide bonds. The van der Waals surface area contributed by atoms with Crippen LogP contribution in [0.1, 0.15) is 126 Å². The number of nitrogen functional groups attached to an aromatic ring is 1. The van der Waals surface area contributed by atoms with E-state index in [0.717, 1.165) is 42.6 Å². The first-order valence-corrected chi connectivity index (χ1v) is 54.1. The van der Waals surface area contributed by atoms with Crippen molar-refractivity contribution >= 4 is 175 Å². The van der Waals surface area contributed by atoms with Crippen molar-refractivity contribution in [1.29, 1.82) is 0 Å². The van der Waals surface area contributed by atoms with Crippen LogP contribution in [-0.2, 0) is 69.2 Å². The van der Waals surface area contributed by atoms with Crippen molar-refractivity contribution in [3.05, 3.63) is 355 Å². The number of aromatic hydroxyl groups is 4. The Bertz CT molecular complexity index is 6330. The van der Waals surface area contributed by atoms with Crippen molar-refractivity contribution in [3.63, 3.8) is 0 Å². The van der Waals surface area contributed by atoms with E-state index in [9.17, 15) is 68.2 Å². The average molecular weight is 2220 g/mol. The number of carboxylic acids is 2. The number of carbonyl (C=O) groups is 4. The second kappa shape index (κ2) is 62.9. The zero-order valence-corrected chi connectivity index (χ0v) is 86.1. The van der Waals surface area contributed by atoms with Gasteiger partial charge in [0.05, 0.1) is 68.9 Å². The van der Waals surface area contributed by atoms with Gasteiger partial charge in [0.25, 0.3) is 19.1 Å². The van der Waals surface area contributed by atoms with E-state index in [0.29, 0.717) is 45.4 Å². The normalized spacial score (nSPS) is 12.6. The summed E-state index contributed by atoms with van der Waals surface area (Å²) in [7, 11) is -7.12. The number of nitrogens with one attached hydrogen (secondary N) is 1. The molecule has 2 unspecified atom stereocenters. The molecule has 6 heterocycles. The molecule has 2 aliphatic heterocycles. The summed E-state index contributed by atoms with van der Waals surface area (Å²) in [4.78, 5) is 60.7. The van der Waals surface area contributed by atoms with Crippen molar-refractivity contribution in [3.8, 4) is 23.0 Å². The topological polar surface area (TPSA) is 523 Å². The molecule has 31 nitrogen and oxygen atoms in total. The van der Waals surface area contributed by atoms with Crippen LogP contribution in [-0.4, -0.2) is 172 Å². The molecule has 0 radical (unpaired) electrons. The van der Waals surface area contributed by atoms with Crippen molar-refractivity contribution in [2.24, 2.45) is 0 Å². The first-order valence-electron chi connectivity index (χ1n) is 40.8. The molecular weight excluding hydrogens is 2110 g/mol. The van der Waals surface area contributed by atoms with Crippen LogP contribution in [0, 0.1) is 7.14 Å². The molecule has 2 atom stereocenters. The predicted molar refractivity (Wildman–Crippen MR) is 551 cm³/mol. The molecule has 14 rings (SSSR count). The van der Waals surface area contributed by atoms with E-state index in [1.807, 2.05) is 34.7 Å². The summed E-state index contributed by atoms with van der Waals surface area (Å²) in [5, 5.41) is 67.2. The Hall–Kier alpha value is -11.8. The molecule has 8 aromatic carbocycles. The van der Waals surface area contributed by atoms with Crippen LogP contribution in [0.5, 0.6) is 23.0 Å². The number of carbonyl (C=O) groups excluding carboxylic acids is 2. The molecule has 40 heteroatoms. The second-order valence-electron chi connectivity index (χ2n) is 30.1. The zero-order valence-electron chi connectivity index (χ0n) is 76.8. The van der Waals surface area contributed by atoms with E-state index >= 15 is 0 Å². The summed E-state index contributed by atoms with van der Waals surface area (Å²) in [5.74, 6) is -3.67. The predicted octanol–water partition coefficient (Wildman–Crippen LogP) is 17.4. The minimum Gasteiger partial charge on any atom is -0.870 e. The monoisotopic (exact) mass is 2220 g/mol. The van der Waals surface area contributed by atoms with Crippen molar-refractivity contribution in [2.75, 3.05) is 37.9 Å². The van der Waals surface area contributed by atoms with E-state index in [-0.39, 0.29) is 102 Å². The number of sulfonamides is 1. The van der Waals surface area contributed by atoms with Gasteiger partial charge in [-0.15, -0.1) is 0 Å². The van der Waals surface area contributed by atoms with E-state index in [1.54, 1.807) is 201 Å². The summed E-state index contributed by atoms with van der Waals surface area (Å²) in [6, 6.07) is 64.3. The van der Waals surface area contributed by atoms with E-state index < -0.39 is 70.7 Å². The maximum Gasteiger partial charge on any atom is 1.00 e. The number of methoxy groups -OCH3 is 2. The number of hydrogen-bond donors (Lipinski definition) is 10. The summed E-state index contributed by atoms with van der Waals surface area (Å²) >= 11 is 4.12. The van der Waals surface area contributed by atoms with E-state index in [4.69, 9.17) is 51.7 Å². The Labute approximate surface area is 849 Å². The van der Waals surface area contributed by atoms with Crippen LogP contribution in [0.2, 0.25) is 26.2 Å². The second-order valence-corrected chi connectivity index (χ2v) is 46.9. The number of carboxylic acid groups (broad SMARTS) is 2. The maximum atomic E-state index is 12.5. The molecule has 4 aromatic heterocycles. The van der Waals surface area contributed by atoms with Gasteiger partial charge in [0.15, 0.2) is 19.7 Å². The van der Waals surface area contributed by atoms with Gasteiger partial charge >= 0.3 is 42.7 Å². The summed E-state index contributed by atoms with van der Waals surface area (Å²) in [5.41, 5.74) is 10.7. The smallest absolute Gasteiger partial charge is 0.870 e. The van der Waals surface area contributed by atoms with E-state index in [2.05, 4.69) is 110 Å². The number of phenolic OH excluding ortho intramolecular Hbond substituents is 2. The number of sulfone groups is 2. The third-order valence-electron chi connectivity index (χ3n) is 17.5. The van der Waals surface area contributed by atoms with Crippen LogP contribution in [0.15, 0.2) is 300 Å². The van der Waals surface area contributed by atoms with Crippen LogP contribution < -0.4 is 29.3 Å². The van der Waals surface area contributed by atoms with Gasteiger partial charge in [0.2, 0.25) is 0 Å². The number of phenols is 4. The fourth-order valence-electron chi connectivity index (χ4n) is 10.7. The largest absolute Gasteiger partial charge is 1.00 e. The molecule has 12 aromatic rings. The third kappa shape index (κ3) is 47.5. The number of aromatic nitrogens is 4. The van der Waals surface area contributed by atoms with Crippen molar-refractivity contribution in [1.82, 2.24) is 19.9 Å². The van der Waals surface area contributed by atoms with Gasteiger partial charge in [-0.2, -0.15) is 0 Å². The molecular formula is C98H108ClI2LiN6O25S4Si. The Morgan fingerprint density at radius 3 is 1.11 bits per heavy atom. The number of pyridine rings is 4. The number of aromatic carboxylic acids is 2. The molecule has 12 N–H and O–H groups in total.